The molecule has 0 aliphatic carbocycles. The molecule has 1 N–H and O–H groups in total. The van der Waals surface area contributed by atoms with Crippen LogP contribution in [0.4, 0.5) is 8.78 Å². The lowest BCUT2D eigenvalue weighted by Crippen LogP contribution is -2.27. The monoisotopic (exact) mass is 379 g/mol. The maximum atomic E-state index is 13.7. The van der Waals surface area contributed by atoms with Gasteiger partial charge in [-0.15, -0.1) is 0 Å². The molecular weight excluding hydrogens is 368 g/mol. The van der Waals surface area contributed by atoms with E-state index in [1.54, 1.807) is 24.1 Å². The summed E-state index contributed by atoms with van der Waals surface area (Å²) in [5.41, 5.74) is 0.846. The van der Waals surface area contributed by atoms with Crippen LogP contribution in [0, 0.1) is 11.6 Å². The van der Waals surface area contributed by atoms with E-state index in [4.69, 9.17) is 0 Å². The van der Waals surface area contributed by atoms with Crippen LogP contribution in [0.1, 0.15) is 5.56 Å². The zero-order chi connectivity index (χ0) is 15.6. The Hall–Kier alpha value is -1.32. The van der Waals surface area contributed by atoms with E-state index in [0.717, 1.165) is 11.6 Å². The summed E-state index contributed by atoms with van der Waals surface area (Å²) >= 11 is 2.86. The summed E-state index contributed by atoms with van der Waals surface area (Å²) < 4.78 is 54.5. The van der Waals surface area contributed by atoms with Crippen LogP contribution in [0.25, 0.3) is 0 Å². The molecule has 0 amide bonds. The molecule has 2 rings (SSSR count). The summed E-state index contributed by atoms with van der Waals surface area (Å²) in [6, 6.07) is 1.43. The molecule has 0 atom stereocenters. The first kappa shape index (κ1) is 16.1. The minimum absolute atomic E-state index is 0.0806. The Morgan fingerprint density at radius 3 is 2.67 bits per heavy atom. The molecule has 1 aromatic heterocycles. The SMILES string of the molecule is Cn1cc(CCNS(=O)(=O)c2c(F)cc(F)cc2Br)cn1. The van der Waals surface area contributed by atoms with E-state index < -0.39 is 26.6 Å². The summed E-state index contributed by atoms with van der Waals surface area (Å²) in [5, 5.41) is 3.96. The van der Waals surface area contributed by atoms with Crippen LogP contribution in [0.2, 0.25) is 0 Å². The quantitative estimate of drug-likeness (QED) is 0.863. The lowest BCUT2D eigenvalue weighted by atomic mass is 10.3. The summed E-state index contributed by atoms with van der Waals surface area (Å²) in [4.78, 5) is -0.602. The third-order valence-corrected chi connectivity index (χ3v) is 5.12. The second-order valence-corrected chi connectivity index (χ2v) is 6.93. The molecule has 0 aliphatic heterocycles. The van der Waals surface area contributed by atoms with Crippen LogP contribution >= 0.6 is 15.9 Å². The molecule has 0 unspecified atom stereocenters. The van der Waals surface area contributed by atoms with E-state index in [1.807, 2.05) is 0 Å². The van der Waals surface area contributed by atoms with Crippen molar-refractivity contribution in [2.75, 3.05) is 6.54 Å². The highest BCUT2D eigenvalue weighted by Crippen LogP contribution is 2.26. The van der Waals surface area contributed by atoms with Gasteiger partial charge in [-0.2, -0.15) is 5.10 Å². The molecule has 1 heterocycles. The van der Waals surface area contributed by atoms with Crippen LogP contribution in [0.5, 0.6) is 0 Å². The van der Waals surface area contributed by atoms with Crippen LogP contribution in [-0.2, 0) is 23.5 Å². The van der Waals surface area contributed by atoms with E-state index in [9.17, 15) is 17.2 Å². The van der Waals surface area contributed by atoms with Gasteiger partial charge in [0.05, 0.1) is 6.20 Å². The van der Waals surface area contributed by atoms with Crippen molar-refractivity contribution in [1.82, 2.24) is 14.5 Å². The first-order valence-corrected chi connectivity index (χ1v) is 8.19. The predicted molar refractivity (Wildman–Crippen MR) is 76.2 cm³/mol. The summed E-state index contributed by atoms with van der Waals surface area (Å²) in [7, 11) is -2.32. The minimum atomic E-state index is -4.07. The van der Waals surface area contributed by atoms with Crippen LogP contribution in [0.15, 0.2) is 33.9 Å². The number of hydrogen-bond donors (Lipinski definition) is 1. The van der Waals surface area contributed by atoms with Crippen LogP contribution < -0.4 is 4.72 Å². The van der Waals surface area contributed by atoms with Crippen molar-refractivity contribution in [3.05, 3.63) is 46.2 Å². The molecule has 9 heteroatoms. The van der Waals surface area contributed by atoms with E-state index in [2.05, 4.69) is 25.8 Å². The lowest BCUT2D eigenvalue weighted by molar-refractivity contribution is 0.541. The van der Waals surface area contributed by atoms with E-state index in [1.165, 1.54) is 0 Å². The highest BCUT2D eigenvalue weighted by Gasteiger charge is 2.23. The fourth-order valence-electron chi connectivity index (χ4n) is 1.79. The maximum Gasteiger partial charge on any atom is 0.244 e. The second-order valence-electron chi connectivity index (χ2n) is 4.37. The zero-order valence-corrected chi connectivity index (χ0v) is 13.4. The van der Waals surface area contributed by atoms with Crippen molar-refractivity contribution >= 4 is 26.0 Å². The van der Waals surface area contributed by atoms with Gasteiger partial charge in [-0.1, -0.05) is 0 Å². The number of aryl methyl sites for hydroxylation is 1. The maximum absolute atomic E-state index is 13.7. The molecule has 0 aliphatic rings. The molecular formula is C12H12BrF2N3O2S. The molecule has 5 nitrogen and oxygen atoms in total. The fourth-order valence-corrected chi connectivity index (χ4v) is 3.98. The van der Waals surface area contributed by atoms with Gasteiger partial charge in [-0.25, -0.2) is 21.9 Å². The van der Waals surface area contributed by atoms with Gasteiger partial charge in [0.2, 0.25) is 10.0 Å². The number of nitrogens with zero attached hydrogens (tertiary/aromatic N) is 2. The van der Waals surface area contributed by atoms with Crippen LogP contribution in [0.3, 0.4) is 0 Å². The Kier molecular flexibility index (Phi) is 4.74. The Balaban J connectivity index is 2.12. The molecule has 21 heavy (non-hydrogen) atoms. The van der Waals surface area contributed by atoms with E-state index in [0.29, 0.717) is 12.5 Å². The molecule has 1 aromatic carbocycles. The Morgan fingerprint density at radius 2 is 2.10 bits per heavy atom. The predicted octanol–water partition coefficient (Wildman–Crippen LogP) is 1.98. The standard InChI is InChI=1S/C12H12BrF2N3O2S/c1-18-7-8(6-16-18)2-3-17-21(19,20)12-10(13)4-9(14)5-11(12)15/h4-7,17H,2-3H2,1H3. The van der Waals surface area contributed by atoms with Gasteiger partial charge < -0.3 is 0 Å². The van der Waals surface area contributed by atoms with Gasteiger partial charge in [-0.3, -0.25) is 4.68 Å². The average molecular weight is 380 g/mol. The zero-order valence-electron chi connectivity index (χ0n) is 11.0. The molecule has 0 fully saturated rings. The summed E-state index contributed by atoms with van der Waals surface area (Å²) in [5.74, 6) is -2.00. The number of sulfonamides is 1. The van der Waals surface area contributed by atoms with Crippen molar-refractivity contribution in [3.8, 4) is 0 Å². The summed E-state index contributed by atoms with van der Waals surface area (Å²) in [6.07, 6.45) is 3.78. The van der Waals surface area contributed by atoms with Crippen LogP contribution in [-0.4, -0.2) is 24.7 Å². The third kappa shape index (κ3) is 3.86. The van der Waals surface area contributed by atoms with Gasteiger partial charge in [0.25, 0.3) is 0 Å². The number of rotatable bonds is 5. The molecule has 2 aromatic rings. The largest absolute Gasteiger partial charge is 0.276 e. The van der Waals surface area contributed by atoms with E-state index >= 15 is 0 Å². The molecule has 0 radical (unpaired) electrons. The topological polar surface area (TPSA) is 64.0 Å². The molecule has 0 saturated heterocycles. The Labute approximate surface area is 129 Å². The molecule has 114 valence electrons. The van der Waals surface area contributed by atoms with Gasteiger partial charge >= 0.3 is 0 Å². The van der Waals surface area contributed by atoms with Crippen molar-refractivity contribution < 1.29 is 17.2 Å². The first-order valence-electron chi connectivity index (χ1n) is 5.91. The number of aromatic nitrogens is 2. The Bertz CT molecular complexity index is 739. The third-order valence-electron chi connectivity index (χ3n) is 2.70. The van der Waals surface area contributed by atoms with Gasteiger partial charge in [0, 0.05) is 30.3 Å². The van der Waals surface area contributed by atoms with Crippen molar-refractivity contribution in [2.24, 2.45) is 7.05 Å². The first-order chi connectivity index (χ1) is 9.79. The van der Waals surface area contributed by atoms with Crippen molar-refractivity contribution in [2.45, 2.75) is 11.3 Å². The number of hydrogen-bond acceptors (Lipinski definition) is 3. The number of halogens is 3. The lowest BCUT2D eigenvalue weighted by Gasteiger charge is -2.09. The van der Waals surface area contributed by atoms with Gasteiger partial charge in [-0.05, 0) is 34.0 Å². The second kappa shape index (κ2) is 6.20. The smallest absolute Gasteiger partial charge is 0.244 e. The average Bonchev–Trinajstić information content (AvgIpc) is 2.72. The van der Waals surface area contributed by atoms with Crippen molar-refractivity contribution in [1.29, 1.82) is 0 Å². The highest BCUT2D eigenvalue weighted by atomic mass is 79.9. The van der Waals surface area contributed by atoms with E-state index in [-0.39, 0.29) is 11.0 Å². The Morgan fingerprint density at radius 1 is 1.38 bits per heavy atom. The molecule has 0 bridgehead atoms. The van der Waals surface area contributed by atoms with Gasteiger partial charge in [0.1, 0.15) is 16.5 Å². The van der Waals surface area contributed by atoms with Gasteiger partial charge in [0.15, 0.2) is 0 Å². The highest BCUT2D eigenvalue weighted by molar-refractivity contribution is 9.10. The van der Waals surface area contributed by atoms with Crippen molar-refractivity contribution in [3.63, 3.8) is 0 Å². The minimum Gasteiger partial charge on any atom is -0.276 e. The molecule has 0 saturated carbocycles. The number of nitrogens with one attached hydrogen (secondary N) is 1. The number of benzene rings is 1. The molecule has 0 spiro atoms. The summed E-state index contributed by atoms with van der Waals surface area (Å²) in [6.45, 7) is 0.0806. The fraction of sp³-hybridized carbons (Fsp3) is 0.250. The normalized spacial score (nSPS) is 11.8.